The number of amides is 1. The number of rotatable bonds is 5. The molecule has 3 aromatic rings. The van der Waals surface area contributed by atoms with E-state index >= 15 is 0 Å². The lowest BCUT2D eigenvalue weighted by atomic mass is 10.2. The lowest BCUT2D eigenvalue weighted by molar-refractivity contribution is -0.384. The molecule has 3 rings (SSSR count). The van der Waals surface area contributed by atoms with Crippen molar-refractivity contribution in [2.45, 2.75) is 13.5 Å². The Labute approximate surface area is 154 Å². The van der Waals surface area contributed by atoms with Gasteiger partial charge in [-0.2, -0.15) is 0 Å². The summed E-state index contributed by atoms with van der Waals surface area (Å²) in [5, 5.41) is 18.8. The fourth-order valence-electron chi connectivity index (χ4n) is 2.63. The molecule has 0 aliphatic rings. The molecular formula is C18H16FN5O3. The number of benzene rings is 2. The molecule has 8 nitrogen and oxygen atoms in total. The number of nitro groups is 1. The molecule has 0 saturated carbocycles. The van der Waals surface area contributed by atoms with Gasteiger partial charge < -0.3 is 4.90 Å². The fraction of sp³-hybridized carbons (Fsp3) is 0.167. The number of halogens is 1. The Kier molecular flexibility index (Phi) is 4.93. The fourth-order valence-corrected chi connectivity index (χ4v) is 2.63. The summed E-state index contributed by atoms with van der Waals surface area (Å²) in [6, 6.07) is 11.8. The highest BCUT2D eigenvalue weighted by molar-refractivity contribution is 5.93. The SMILES string of the molecule is Cc1c(C(=O)N(C)Cc2ccc(F)cc2)nnn1-c1cccc([N+](=O)[O-])c1. The van der Waals surface area contributed by atoms with Crippen LogP contribution in [-0.2, 0) is 6.54 Å². The van der Waals surface area contributed by atoms with E-state index in [1.165, 1.54) is 39.9 Å². The van der Waals surface area contributed by atoms with Crippen LogP contribution in [0.5, 0.6) is 0 Å². The van der Waals surface area contributed by atoms with Gasteiger partial charge in [-0.1, -0.05) is 23.4 Å². The topological polar surface area (TPSA) is 94.2 Å². The summed E-state index contributed by atoms with van der Waals surface area (Å²) in [5.41, 5.74) is 1.74. The molecule has 0 N–H and O–H groups in total. The summed E-state index contributed by atoms with van der Waals surface area (Å²) in [5.74, 6) is -0.697. The van der Waals surface area contributed by atoms with Crippen molar-refractivity contribution in [2.75, 3.05) is 7.05 Å². The summed E-state index contributed by atoms with van der Waals surface area (Å²) in [6.07, 6.45) is 0. The third-order valence-electron chi connectivity index (χ3n) is 4.06. The standard InChI is InChI=1S/C18H16FN5O3/c1-12-17(18(25)22(2)11-13-6-8-14(19)9-7-13)20-21-23(12)15-4-3-5-16(10-15)24(26)27/h3-10H,11H2,1-2H3. The van der Waals surface area contributed by atoms with Crippen molar-refractivity contribution in [1.82, 2.24) is 19.9 Å². The number of non-ortho nitro benzene ring substituents is 1. The van der Waals surface area contributed by atoms with Crippen LogP contribution in [0.2, 0.25) is 0 Å². The Morgan fingerprint density at radius 2 is 1.96 bits per heavy atom. The number of hydrogen-bond donors (Lipinski definition) is 0. The molecule has 0 spiro atoms. The Morgan fingerprint density at radius 3 is 2.63 bits per heavy atom. The zero-order valence-electron chi connectivity index (χ0n) is 14.7. The second kappa shape index (κ2) is 7.32. The van der Waals surface area contributed by atoms with Crippen molar-refractivity contribution in [3.63, 3.8) is 0 Å². The monoisotopic (exact) mass is 369 g/mol. The van der Waals surface area contributed by atoms with Crippen molar-refractivity contribution in [3.8, 4) is 5.69 Å². The van der Waals surface area contributed by atoms with Gasteiger partial charge in [0.05, 0.1) is 16.3 Å². The molecule has 0 fully saturated rings. The van der Waals surface area contributed by atoms with E-state index in [0.29, 0.717) is 11.4 Å². The van der Waals surface area contributed by atoms with E-state index in [1.807, 2.05) is 0 Å². The van der Waals surface area contributed by atoms with E-state index in [1.54, 1.807) is 32.2 Å². The molecule has 0 saturated heterocycles. The largest absolute Gasteiger partial charge is 0.336 e. The van der Waals surface area contributed by atoms with E-state index < -0.39 is 4.92 Å². The molecule has 2 aromatic carbocycles. The minimum absolute atomic E-state index is 0.0799. The van der Waals surface area contributed by atoms with Crippen LogP contribution in [-0.4, -0.2) is 37.8 Å². The van der Waals surface area contributed by atoms with Gasteiger partial charge in [0.2, 0.25) is 0 Å². The predicted molar refractivity (Wildman–Crippen MR) is 94.9 cm³/mol. The van der Waals surface area contributed by atoms with Gasteiger partial charge in [-0.05, 0) is 30.7 Å². The van der Waals surface area contributed by atoms with Gasteiger partial charge >= 0.3 is 0 Å². The number of carbonyl (C=O) groups excluding carboxylic acids is 1. The molecule has 0 bridgehead atoms. The number of aromatic nitrogens is 3. The molecule has 1 aromatic heterocycles. The second-order valence-electron chi connectivity index (χ2n) is 6.00. The summed E-state index contributed by atoms with van der Waals surface area (Å²) in [7, 11) is 1.61. The molecule has 27 heavy (non-hydrogen) atoms. The first-order valence-corrected chi connectivity index (χ1v) is 8.04. The lowest BCUT2D eigenvalue weighted by Gasteiger charge is -2.16. The van der Waals surface area contributed by atoms with Crippen LogP contribution in [0.3, 0.4) is 0 Å². The molecule has 1 heterocycles. The van der Waals surface area contributed by atoms with Crippen LogP contribution in [0.25, 0.3) is 5.69 Å². The van der Waals surface area contributed by atoms with Gasteiger partial charge in [-0.3, -0.25) is 14.9 Å². The van der Waals surface area contributed by atoms with Gasteiger partial charge in [0.15, 0.2) is 5.69 Å². The third-order valence-corrected chi connectivity index (χ3v) is 4.06. The molecule has 1 amide bonds. The minimum atomic E-state index is -0.502. The quantitative estimate of drug-likeness (QED) is 0.509. The van der Waals surface area contributed by atoms with Crippen LogP contribution in [0, 0.1) is 22.9 Å². The molecule has 0 radical (unpaired) electrons. The summed E-state index contributed by atoms with van der Waals surface area (Å²) < 4.78 is 14.4. The van der Waals surface area contributed by atoms with Crippen molar-refractivity contribution < 1.29 is 14.1 Å². The highest BCUT2D eigenvalue weighted by Crippen LogP contribution is 2.19. The predicted octanol–water partition coefficient (Wildman–Crippen LogP) is 2.90. The molecule has 0 unspecified atom stereocenters. The van der Waals surface area contributed by atoms with Crippen LogP contribution in [0.15, 0.2) is 48.5 Å². The number of carbonyl (C=O) groups is 1. The first-order valence-electron chi connectivity index (χ1n) is 8.04. The van der Waals surface area contributed by atoms with Crippen molar-refractivity contribution in [3.05, 3.63) is 81.4 Å². The lowest BCUT2D eigenvalue weighted by Crippen LogP contribution is -2.27. The Morgan fingerprint density at radius 1 is 1.26 bits per heavy atom. The Balaban J connectivity index is 1.83. The van der Waals surface area contributed by atoms with E-state index in [4.69, 9.17) is 0 Å². The molecule has 0 aliphatic carbocycles. The summed E-state index contributed by atoms with van der Waals surface area (Å²) in [4.78, 5) is 24.6. The van der Waals surface area contributed by atoms with E-state index in [0.717, 1.165) is 5.56 Å². The average molecular weight is 369 g/mol. The highest BCUT2D eigenvalue weighted by Gasteiger charge is 2.21. The maximum atomic E-state index is 13.0. The zero-order valence-corrected chi connectivity index (χ0v) is 14.7. The summed E-state index contributed by atoms with van der Waals surface area (Å²) >= 11 is 0. The maximum absolute atomic E-state index is 13.0. The Hall–Kier alpha value is -3.62. The van der Waals surface area contributed by atoms with Gasteiger partial charge in [0, 0.05) is 25.7 Å². The Bertz CT molecular complexity index is 1000. The van der Waals surface area contributed by atoms with Gasteiger partial charge in [0.25, 0.3) is 11.6 Å². The second-order valence-corrected chi connectivity index (χ2v) is 6.00. The van der Waals surface area contributed by atoms with Crippen molar-refractivity contribution >= 4 is 11.6 Å². The first-order chi connectivity index (χ1) is 12.9. The highest BCUT2D eigenvalue weighted by atomic mass is 19.1. The van der Waals surface area contributed by atoms with Crippen LogP contribution >= 0.6 is 0 Å². The molecule has 0 aliphatic heterocycles. The van der Waals surface area contributed by atoms with Crippen molar-refractivity contribution in [1.29, 1.82) is 0 Å². The molecule has 0 atom stereocenters. The number of nitrogens with zero attached hydrogens (tertiary/aromatic N) is 5. The summed E-state index contributed by atoms with van der Waals surface area (Å²) in [6.45, 7) is 1.94. The van der Waals surface area contributed by atoms with Crippen molar-refractivity contribution in [2.24, 2.45) is 0 Å². The van der Waals surface area contributed by atoms with E-state index in [2.05, 4.69) is 10.3 Å². The van der Waals surface area contributed by atoms with E-state index in [9.17, 15) is 19.3 Å². The van der Waals surface area contributed by atoms with Gasteiger partial charge in [-0.15, -0.1) is 5.10 Å². The maximum Gasteiger partial charge on any atom is 0.276 e. The molecule has 9 heteroatoms. The number of nitro benzene ring substituents is 1. The van der Waals surface area contributed by atoms with Crippen LogP contribution in [0.1, 0.15) is 21.7 Å². The first kappa shape index (κ1) is 18.2. The van der Waals surface area contributed by atoms with Gasteiger partial charge in [0.1, 0.15) is 5.82 Å². The van der Waals surface area contributed by atoms with Crippen LogP contribution in [0.4, 0.5) is 10.1 Å². The number of hydrogen-bond acceptors (Lipinski definition) is 5. The normalized spacial score (nSPS) is 10.6. The molecular weight excluding hydrogens is 353 g/mol. The molecule has 138 valence electrons. The van der Waals surface area contributed by atoms with Gasteiger partial charge in [-0.25, -0.2) is 9.07 Å². The van der Waals surface area contributed by atoms with Crippen LogP contribution < -0.4 is 0 Å². The van der Waals surface area contributed by atoms with E-state index in [-0.39, 0.29) is 29.7 Å². The smallest absolute Gasteiger partial charge is 0.276 e. The minimum Gasteiger partial charge on any atom is -0.336 e. The zero-order chi connectivity index (χ0) is 19.6. The third kappa shape index (κ3) is 3.81. The average Bonchev–Trinajstić information content (AvgIpc) is 3.04.